The van der Waals surface area contributed by atoms with Crippen LogP contribution in [0.15, 0.2) is 0 Å². The highest BCUT2D eigenvalue weighted by Crippen LogP contribution is 2.16. The van der Waals surface area contributed by atoms with Gasteiger partial charge in [0, 0.05) is 5.54 Å². The number of aliphatic hydroxyl groups is 1. The van der Waals surface area contributed by atoms with Gasteiger partial charge in [0.1, 0.15) is 0 Å². The van der Waals surface area contributed by atoms with E-state index in [0.717, 1.165) is 19.4 Å². The smallest absolute Gasteiger partial charge is 0.0610 e. The maximum atomic E-state index is 9.44. The van der Waals surface area contributed by atoms with Crippen molar-refractivity contribution in [2.75, 3.05) is 24.7 Å². The molecular weight excluding hydrogens is 242 g/mol. The standard InChI is InChI=1S/C15H33NOS/c1-4-6-8-12-18-13-9-7-10-15(3,14-17)16-11-5-2/h16-17H,4-14H2,1-3H3. The van der Waals surface area contributed by atoms with Gasteiger partial charge in [-0.25, -0.2) is 0 Å². The van der Waals surface area contributed by atoms with Crippen LogP contribution in [0.25, 0.3) is 0 Å². The van der Waals surface area contributed by atoms with Gasteiger partial charge in [-0.2, -0.15) is 11.8 Å². The minimum atomic E-state index is -0.0666. The molecule has 0 spiro atoms. The van der Waals surface area contributed by atoms with E-state index < -0.39 is 0 Å². The molecule has 0 saturated heterocycles. The van der Waals surface area contributed by atoms with E-state index in [1.54, 1.807) is 0 Å². The molecule has 0 saturated carbocycles. The number of aliphatic hydroxyl groups excluding tert-OH is 1. The van der Waals surface area contributed by atoms with E-state index in [4.69, 9.17) is 0 Å². The van der Waals surface area contributed by atoms with Crippen LogP contribution in [0.3, 0.4) is 0 Å². The van der Waals surface area contributed by atoms with Gasteiger partial charge in [-0.05, 0) is 50.7 Å². The second kappa shape index (κ2) is 12.3. The van der Waals surface area contributed by atoms with Gasteiger partial charge in [0.05, 0.1) is 6.61 Å². The van der Waals surface area contributed by atoms with Crippen molar-refractivity contribution in [3.63, 3.8) is 0 Å². The summed E-state index contributed by atoms with van der Waals surface area (Å²) in [7, 11) is 0. The fourth-order valence-electron chi connectivity index (χ4n) is 1.93. The minimum absolute atomic E-state index is 0.0666. The lowest BCUT2D eigenvalue weighted by Crippen LogP contribution is -2.46. The third-order valence-electron chi connectivity index (χ3n) is 3.31. The van der Waals surface area contributed by atoms with Crippen molar-refractivity contribution >= 4 is 11.8 Å². The molecule has 0 amide bonds. The lowest BCUT2D eigenvalue weighted by atomic mass is 9.96. The largest absolute Gasteiger partial charge is 0.394 e. The SMILES string of the molecule is CCCCCSCCCCC(C)(CO)NCCC. The molecule has 0 aromatic carbocycles. The highest BCUT2D eigenvalue weighted by Gasteiger charge is 2.20. The molecule has 0 aliphatic heterocycles. The van der Waals surface area contributed by atoms with Crippen LogP contribution in [0.2, 0.25) is 0 Å². The summed E-state index contributed by atoms with van der Waals surface area (Å²) in [6, 6.07) is 0. The first kappa shape index (κ1) is 18.3. The molecule has 0 aromatic rings. The molecule has 0 aliphatic carbocycles. The third-order valence-corrected chi connectivity index (χ3v) is 4.46. The average molecular weight is 276 g/mol. The predicted octanol–water partition coefficient (Wildman–Crippen LogP) is 3.83. The molecule has 0 heterocycles. The Morgan fingerprint density at radius 1 is 1.00 bits per heavy atom. The first-order valence-corrected chi connectivity index (χ1v) is 8.77. The molecular formula is C15H33NOS. The Bertz CT molecular complexity index is 178. The quantitative estimate of drug-likeness (QED) is 0.501. The highest BCUT2D eigenvalue weighted by molar-refractivity contribution is 7.99. The number of hydrogen-bond acceptors (Lipinski definition) is 3. The molecule has 0 aromatic heterocycles. The minimum Gasteiger partial charge on any atom is -0.394 e. The molecule has 0 fully saturated rings. The van der Waals surface area contributed by atoms with Crippen LogP contribution in [-0.2, 0) is 0 Å². The zero-order valence-corrected chi connectivity index (χ0v) is 13.5. The van der Waals surface area contributed by atoms with Gasteiger partial charge in [-0.3, -0.25) is 0 Å². The molecule has 18 heavy (non-hydrogen) atoms. The number of thioether (sulfide) groups is 1. The summed E-state index contributed by atoms with van der Waals surface area (Å²) < 4.78 is 0. The van der Waals surface area contributed by atoms with Gasteiger partial charge in [0.15, 0.2) is 0 Å². The lowest BCUT2D eigenvalue weighted by Gasteiger charge is -2.28. The van der Waals surface area contributed by atoms with Crippen molar-refractivity contribution in [1.82, 2.24) is 5.32 Å². The zero-order chi connectivity index (χ0) is 13.7. The number of nitrogens with one attached hydrogen (secondary N) is 1. The van der Waals surface area contributed by atoms with E-state index >= 15 is 0 Å². The number of rotatable bonds is 13. The molecule has 1 unspecified atom stereocenters. The monoisotopic (exact) mass is 275 g/mol. The van der Waals surface area contributed by atoms with Crippen LogP contribution >= 0.6 is 11.8 Å². The lowest BCUT2D eigenvalue weighted by molar-refractivity contribution is 0.163. The van der Waals surface area contributed by atoms with E-state index in [1.165, 1.54) is 43.6 Å². The van der Waals surface area contributed by atoms with Crippen LogP contribution in [0.1, 0.15) is 65.7 Å². The van der Waals surface area contributed by atoms with Crippen LogP contribution in [0.5, 0.6) is 0 Å². The number of hydrogen-bond donors (Lipinski definition) is 2. The Hall–Kier alpha value is 0.270. The molecule has 110 valence electrons. The van der Waals surface area contributed by atoms with Gasteiger partial charge in [-0.15, -0.1) is 0 Å². The molecule has 0 bridgehead atoms. The summed E-state index contributed by atoms with van der Waals surface area (Å²) in [5.74, 6) is 2.60. The topological polar surface area (TPSA) is 32.3 Å². The Kier molecular flexibility index (Phi) is 12.5. The molecule has 0 aliphatic rings. The molecule has 3 heteroatoms. The van der Waals surface area contributed by atoms with Crippen LogP contribution in [-0.4, -0.2) is 35.3 Å². The second-order valence-electron chi connectivity index (χ2n) is 5.42. The predicted molar refractivity (Wildman–Crippen MR) is 84.5 cm³/mol. The van der Waals surface area contributed by atoms with Crippen molar-refractivity contribution in [3.8, 4) is 0 Å². The van der Waals surface area contributed by atoms with Crippen LogP contribution in [0.4, 0.5) is 0 Å². The Morgan fingerprint density at radius 3 is 2.22 bits per heavy atom. The van der Waals surface area contributed by atoms with E-state index in [1.807, 2.05) is 0 Å². The Labute approximate surface area is 118 Å². The van der Waals surface area contributed by atoms with Gasteiger partial charge < -0.3 is 10.4 Å². The molecule has 0 radical (unpaired) electrons. The summed E-state index contributed by atoms with van der Waals surface area (Å²) in [6.07, 6.45) is 8.76. The average Bonchev–Trinajstić information content (AvgIpc) is 2.39. The second-order valence-corrected chi connectivity index (χ2v) is 6.65. The fraction of sp³-hybridized carbons (Fsp3) is 1.00. The number of unbranched alkanes of at least 4 members (excludes halogenated alkanes) is 3. The van der Waals surface area contributed by atoms with E-state index in [9.17, 15) is 5.11 Å². The van der Waals surface area contributed by atoms with Crippen LogP contribution in [0, 0.1) is 0 Å². The third kappa shape index (κ3) is 10.2. The van der Waals surface area contributed by atoms with E-state index in [0.29, 0.717) is 0 Å². The molecule has 2 nitrogen and oxygen atoms in total. The van der Waals surface area contributed by atoms with Gasteiger partial charge in [0.2, 0.25) is 0 Å². The highest BCUT2D eigenvalue weighted by atomic mass is 32.2. The Balaban J connectivity index is 3.44. The van der Waals surface area contributed by atoms with Gasteiger partial charge in [-0.1, -0.05) is 33.1 Å². The van der Waals surface area contributed by atoms with Crippen molar-refractivity contribution < 1.29 is 5.11 Å². The maximum Gasteiger partial charge on any atom is 0.0610 e. The van der Waals surface area contributed by atoms with E-state index in [2.05, 4.69) is 37.8 Å². The van der Waals surface area contributed by atoms with Gasteiger partial charge in [0.25, 0.3) is 0 Å². The van der Waals surface area contributed by atoms with E-state index in [-0.39, 0.29) is 12.1 Å². The summed E-state index contributed by atoms with van der Waals surface area (Å²) in [6.45, 7) is 7.80. The van der Waals surface area contributed by atoms with Crippen LogP contribution < -0.4 is 5.32 Å². The molecule has 2 N–H and O–H groups in total. The zero-order valence-electron chi connectivity index (χ0n) is 12.6. The van der Waals surface area contributed by atoms with Gasteiger partial charge >= 0.3 is 0 Å². The molecule has 0 rings (SSSR count). The maximum absolute atomic E-state index is 9.44. The summed E-state index contributed by atoms with van der Waals surface area (Å²) in [5.41, 5.74) is -0.0666. The fourth-order valence-corrected chi connectivity index (χ4v) is 2.95. The summed E-state index contributed by atoms with van der Waals surface area (Å²) >= 11 is 2.09. The van der Waals surface area contributed by atoms with Crippen molar-refractivity contribution in [2.45, 2.75) is 71.3 Å². The Morgan fingerprint density at radius 2 is 1.67 bits per heavy atom. The van der Waals surface area contributed by atoms with Crippen molar-refractivity contribution in [1.29, 1.82) is 0 Å². The summed E-state index contributed by atoms with van der Waals surface area (Å²) in [4.78, 5) is 0. The molecule has 1 atom stereocenters. The first-order chi connectivity index (χ1) is 8.68. The van der Waals surface area contributed by atoms with Crippen molar-refractivity contribution in [2.24, 2.45) is 0 Å². The normalized spacial score (nSPS) is 14.7. The first-order valence-electron chi connectivity index (χ1n) is 7.62. The summed E-state index contributed by atoms with van der Waals surface area (Å²) in [5, 5.41) is 12.9. The van der Waals surface area contributed by atoms with Crippen molar-refractivity contribution in [3.05, 3.63) is 0 Å².